The summed E-state index contributed by atoms with van der Waals surface area (Å²) in [7, 11) is 0. The van der Waals surface area contributed by atoms with Crippen molar-refractivity contribution in [3.63, 3.8) is 0 Å². The molecule has 10 heteroatoms. The fraction of sp³-hybridized carbons (Fsp3) is 0.645. The van der Waals surface area contributed by atoms with Crippen molar-refractivity contribution in [2.24, 2.45) is 17.8 Å². The second-order valence-corrected chi connectivity index (χ2v) is 12.6. The fourth-order valence-electron chi connectivity index (χ4n) is 5.55. The smallest absolute Gasteiger partial charge is 0.246 e. The van der Waals surface area contributed by atoms with Crippen molar-refractivity contribution in [2.75, 3.05) is 6.54 Å². The fourth-order valence-corrected chi connectivity index (χ4v) is 5.55. The van der Waals surface area contributed by atoms with Gasteiger partial charge < -0.3 is 26.2 Å². The topological polar surface area (TPSA) is 137 Å². The van der Waals surface area contributed by atoms with Gasteiger partial charge in [-0.15, -0.1) is 0 Å². The Morgan fingerprint density at radius 2 is 1.24 bits per heavy atom. The van der Waals surface area contributed by atoms with Crippen LogP contribution in [-0.2, 0) is 30.4 Å². The molecule has 2 saturated heterocycles. The zero-order valence-electron chi connectivity index (χ0n) is 25.2. The Kier molecular flexibility index (Phi) is 11.3. The lowest BCUT2D eigenvalue weighted by Gasteiger charge is -2.30. The Morgan fingerprint density at radius 3 is 1.80 bits per heavy atom. The maximum absolute atomic E-state index is 14.0. The lowest BCUT2D eigenvalue weighted by molar-refractivity contribution is -0.142. The lowest BCUT2D eigenvalue weighted by atomic mass is 9.98. The van der Waals surface area contributed by atoms with Crippen molar-refractivity contribution in [3.05, 3.63) is 35.9 Å². The van der Waals surface area contributed by atoms with Crippen LogP contribution in [-0.4, -0.2) is 71.2 Å². The number of hydrogen-bond acceptors (Lipinski definition) is 5. The quantitative estimate of drug-likeness (QED) is 0.398. The Balaban J connectivity index is 2.05. The molecule has 2 fully saturated rings. The number of nitrogens with one attached hydrogen (secondary N) is 4. The third-order valence-corrected chi connectivity index (χ3v) is 7.66. The van der Waals surface area contributed by atoms with E-state index in [1.807, 2.05) is 71.9 Å². The molecule has 226 valence electrons. The molecule has 1 aromatic carbocycles. The van der Waals surface area contributed by atoms with Crippen LogP contribution in [0.25, 0.3) is 0 Å². The van der Waals surface area contributed by atoms with E-state index in [1.165, 1.54) is 4.90 Å². The summed E-state index contributed by atoms with van der Waals surface area (Å²) in [5, 5.41) is 11.5. The molecular weight excluding hydrogens is 522 g/mol. The zero-order valence-corrected chi connectivity index (χ0v) is 25.2. The highest BCUT2D eigenvalue weighted by Gasteiger charge is 2.40. The highest BCUT2D eigenvalue weighted by molar-refractivity contribution is 5.98. The van der Waals surface area contributed by atoms with Crippen LogP contribution in [0.2, 0.25) is 0 Å². The Hall–Kier alpha value is -3.43. The molecule has 1 aromatic rings. The van der Waals surface area contributed by atoms with E-state index >= 15 is 0 Å². The minimum Gasteiger partial charge on any atom is -0.343 e. The second kappa shape index (κ2) is 14.5. The van der Waals surface area contributed by atoms with E-state index in [9.17, 15) is 24.0 Å². The summed E-state index contributed by atoms with van der Waals surface area (Å²) in [5.41, 5.74) is 0.861. The van der Waals surface area contributed by atoms with Crippen LogP contribution in [0.4, 0.5) is 0 Å². The summed E-state index contributed by atoms with van der Waals surface area (Å²) >= 11 is 0. The number of amides is 5. The Morgan fingerprint density at radius 1 is 0.707 bits per heavy atom. The molecule has 3 rings (SSSR count). The van der Waals surface area contributed by atoms with Crippen LogP contribution < -0.4 is 21.3 Å². The zero-order chi connectivity index (χ0) is 30.3. The monoisotopic (exact) mass is 569 g/mol. The predicted octanol–water partition coefficient (Wildman–Crippen LogP) is 1.92. The van der Waals surface area contributed by atoms with E-state index in [0.717, 1.165) is 5.56 Å². The van der Waals surface area contributed by atoms with Crippen molar-refractivity contribution in [1.29, 1.82) is 0 Å². The maximum Gasteiger partial charge on any atom is 0.246 e. The lowest BCUT2D eigenvalue weighted by Crippen LogP contribution is -2.59. The molecule has 0 bridgehead atoms. The van der Waals surface area contributed by atoms with E-state index in [0.29, 0.717) is 32.2 Å². The van der Waals surface area contributed by atoms with Gasteiger partial charge in [-0.2, -0.15) is 0 Å². The normalized spacial score (nSPS) is 26.7. The van der Waals surface area contributed by atoms with Gasteiger partial charge in [-0.3, -0.25) is 24.0 Å². The largest absolute Gasteiger partial charge is 0.343 e. The van der Waals surface area contributed by atoms with Crippen LogP contribution in [0, 0.1) is 17.8 Å². The molecule has 0 spiro atoms. The van der Waals surface area contributed by atoms with Crippen molar-refractivity contribution in [1.82, 2.24) is 26.2 Å². The van der Waals surface area contributed by atoms with Gasteiger partial charge in [0.05, 0.1) is 0 Å². The molecule has 0 radical (unpaired) electrons. The second-order valence-electron chi connectivity index (χ2n) is 12.6. The standard InChI is InChI=1S/C31H47N5O5/c1-18(2)15-22-27(37)34-24(17-21-11-8-7-9-12-21)31(41)36-14-10-13-25(36)29(39)32-23(16-19(3)4)28(38)35-26(20(5)6)30(40)33-22/h7-9,11-12,18-20,22-26H,10,13-17H2,1-6H3,(H,32,39)(H,33,40)(H,34,37)(H,35,38)/t22-,23-,24-,25-,26-/m0/s1. The highest BCUT2D eigenvalue weighted by atomic mass is 16.2. The average molecular weight is 570 g/mol. The molecule has 2 heterocycles. The van der Waals surface area contributed by atoms with Crippen molar-refractivity contribution < 1.29 is 24.0 Å². The van der Waals surface area contributed by atoms with Crippen LogP contribution in [0.15, 0.2) is 30.3 Å². The molecule has 0 aromatic heterocycles. The van der Waals surface area contributed by atoms with Crippen LogP contribution in [0.3, 0.4) is 0 Å². The molecule has 4 N–H and O–H groups in total. The maximum atomic E-state index is 14.0. The number of hydrogen-bond donors (Lipinski definition) is 4. The predicted molar refractivity (Wildman–Crippen MR) is 156 cm³/mol. The van der Waals surface area contributed by atoms with Gasteiger partial charge in [0.2, 0.25) is 29.5 Å². The summed E-state index contributed by atoms with van der Waals surface area (Å²) in [6.45, 7) is 11.8. The highest BCUT2D eigenvalue weighted by Crippen LogP contribution is 2.21. The first-order chi connectivity index (χ1) is 19.4. The summed E-state index contributed by atoms with van der Waals surface area (Å²) in [5.74, 6) is -2.28. The van der Waals surface area contributed by atoms with E-state index in [-0.39, 0.29) is 30.1 Å². The van der Waals surface area contributed by atoms with Gasteiger partial charge in [-0.1, -0.05) is 71.9 Å². The average Bonchev–Trinajstić information content (AvgIpc) is 3.39. The number of nitrogens with zero attached hydrogens (tertiary/aromatic N) is 1. The minimum atomic E-state index is -0.929. The van der Waals surface area contributed by atoms with Gasteiger partial charge in [0.1, 0.15) is 30.2 Å². The van der Waals surface area contributed by atoms with Gasteiger partial charge in [-0.05, 0) is 49.0 Å². The minimum absolute atomic E-state index is 0.0729. The molecule has 2 aliphatic heterocycles. The van der Waals surface area contributed by atoms with Crippen LogP contribution >= 0.6 is 0 Å². The van der Waals surface area contributed by atoms with Gasteiger partial charge in [0.15, 0.2) is 0 Å². The molecule has 0 aliphatic carbocycles. The van der Waals surface area contributed by atoms with Crippen molar-refractivity contribution in [2.45, 2.75) is 104 Å². The molecule has 0 unspecified atom stereocenters. The van der Waals surface area contributed by atoms with Crippen molar-refractivity contribution >= 4 is 29.5 Å². The van der Waals surface area contributed by atoms with Crippen LogP contribution in [0.5, 0.6) is 0 Å². The van der Waals surface area contributed by atoms with Crippen LogP contribution in [0.1, 0.15) is 72.8 Å². The Labute approximate surface area is 243 Å². The number of rotatable bonds is 7. The van der Waals surface area contributed by atoms with Gasteiger partial charge in [0, 0.05) is 13.0 Å². The molecule has 2 aliphatic rings. The summed E-state index contributed by atoms with van der Waals surface area (Å²) < 4.78 is 0. The molecule has 0 saturated carbocycles. The number of carbonyl (C=O) groups is 5. The molecule has 5 amide bonds. The molecular formula is C31H47N5O5. The number of fused-ring (bicyclic) bond motifs is 1. The molecule has 41 heavy (non-hydrogen) atoms. The summed E-state index contributed by atoms with van der Waals surface area (Å²) in [6.07, 6.45) is 2.06. The van der Waals surface area contributed by atoms with Crippen molar-refractivity contribution in [3.8, 4) is 0 Å². The summed E-state index contributed by atoms with van der Waals surface area (Å²) in [4.78, 5) is 69.7. The first-order valence-electron chi connectivity index (χ1n) is 14.9. The Bertz CT molecular complexity index is 1090. The molecule has 5 atom stereocenters. The van der Waals surface area contributed by atoms with E-state index in [1.54, 1.807) is 0 Å². The third-order valence-electron chi connectivity index (χ3n) is 7.66. The van der Waals surface area contributed by atoms with Gasteiger partial charge in [0.25, 0.3) is 0 Å². The molecule has 10 nitrogen and oxygen atoms in total. The SMILES string of the molecule is CC(C)C[C@@H]1NC(=O)[C@H](C(C)C)NC(=O)[C@H](CC(C)C)NC(=O)[C@@H]2CCCN2C(=O)[C@H](Cc2ccccc2)NC1=O. The third kappa shape index (κ3) is 8.78. The number of carbonyl (C=O) groups excluding carboxylic acids is 5. The number of benzene rings is 1. The van der Waals surface area contributed by atoms with E-state index < -0.39 is 53.8 Å². The van der Waals surface area contributed by atoms with Gasteiger partial charge in [-0.25, -0.2) is 0 Å². The van der Waals surface area contributed by atoms with Gasteiger partial charge >= 0.3 is 0 Å². The first-order valence-corrected chi connectivity index (χ1v) is 14.9. The van der Waals surface area contributed by atoms with E-state index in [4.69, 9.17) is 0 Å². The summed E-state index contributed by atoms with van der Waals surface area (Å²) in [6, 6.07) is 5.02. The van der Waals surface area contributed by atoms with E-state index in [2.05, 4.69) is 21.3 Å². The first kappa shape index (κ1) is 32.1.